The number of nitrogens with zero attached hydrogens (tertiary/aromatic N) is 6. The van der Waals surface area contributed by atoms with Gasteiger partial charge in [-0.3, -0.25) is 9.67 Å². The van der Waals surface area contributed by atoms with E-state index < -0.39 is 0 Å². The van der Waals surface area contributed by atoms with E-state index in [4.69, 9.17) is 9.72 Å². The third-order valence-electron chi connectivity index (χ3n) is 6.67. The van der Waals surface area contributed by atoms with Gasteiger partial charge >= 0.3 is 0 Å². The molecule has 0 aliphatic heterocycles. The van der Waals surface area contributed by atoms with E-state index >= 15 is 0 Å². The van der Waals surface area contributed by atoms with Gasteiger partial charge in [0.2, 0.25) is 0 Å². The molecule has 1 N–H and O–H groups in total. The molecule has 1 saturated carbocycles. The van der Waals surface area contributed by atoms with E-state index in [2.05, 4.69) is 56.4 Å². The number of hydrogen-bond acceptors (Lipinski definition) is 7. The molecule has 0 bridgehead atoms. The summed E-state index contributed by atoms with van der Waals surface area (Å²) in [5.41, 5.74) is 4.86. The predicted molar refractivity (Wildman–Crippen MR) is 133 cm³/mol. The van der Waals surface area contributed by atoms with Crippen molar-refractivity contribution in [1.29, 1.82) is 0 Å². The number of aromatic nitrogens is 6. The molecular weight excluding hydrogens is 426 g/mol. The molecule has 4 aromatic heterocycles. The Balaban J connectivity index is 1.31. The normalized spacial score (nSPS) is 18.5. The van der Waals surface area contributed by atoms with Crippen LogP contribution < -0.4 is 5.32 Å². The highest BCUT2D eigenvalue weighted by atomic mass is 16.5. The number of methoxy groups -OCH3 is 1. The maximum absolute atomic E-state index is 5.50. The minimum atomic E-state index is 0.383. The molecule has 8 heteroatoms. The van der Waals surface area contributed by atoms with Crippen molar-refractivity contribution in [2.45, 2.75) is 58.1 Å². The highest BCUT2D eigenvalue weighted by molar-refractivity contribution is 5.81. The number of pyridine rings is 2. The van der Waals surface area contributed by atoms with Crippen LogP contribution in [0.4, 0.5) is 11.6 Å². The maximum Gasteiger partial charge on any atom is 0.154 e. The fourth-order valence-electron chi connectivity index (χ4n) is 4.55. The van der Waals surface area contributed by atoms with Crippen molar-refractivity contribution in [3.8, 4) is 11.1 Å². The van der Waals surface area contributed by atoms with Gasteiger partial charge in [-0.2, -0.15) is 10.2 Å². The zero-order chi connectivity index (χ0) is 23.5. The Labute approximate surface area is 199 Å². The first kappa shape index (κ1) is 22.4. The Bertz CT molecular complexity index is 1260. The van der Waals surface area contributed by atoms with Gasteiger partial charge in [0.25, 0.3) is 0 Å². The quantitative estimate of drug-likeness (QED) is 0.400. The van der Waals surface area contributed by atoms with Crippen LogP contribution in [0, 0.1) is 5.92 Å². The molecule has 1 fully saturated rings. The number of fused-ring (bicyclic) bond motifs is 1. The van der Waals surface area contributed by atoms with Crippen LogP contribution in [0.3, 0.4) is 0 Å². The molecule has 0 amide bonds. The summed E-state index contributed by atoms with van der Waals surface area (Å²) in [5.74, 6) is 2.43. The topological polar surface area (TPSA) is 90.6 Å². The van der Waals surface area contributed by atoms with Crippen LogP contribution >= 0.6 is 0 Å². The monoisotopic (exact) mass is 457 g/mol. The lowest BCUT2D eigenvalue weighted by atomic mass is 9.87. The Kier molecular flexibility index (Phi) is 6.49. The van der Waals surface area contributed by atoms with Crippen molar-refractivity contribution >= 4 is 22.7 Å². The Hall–Kier alpha value is -3.39. The van der Waals surface area contributed by atoms with Gasteiger partial charge in [-0.05, 0) is 67.3 Å². The largest absolute Gasteiger partial charge is 0.381 e. The zero-order valence-electron chi connectivity index (χ0n) is 20.0. The van der Waals surface area contributed by atoms with Gasteiger partial charge < -0.3 is 10.1 Å². The minimum absolute atomic E-state index is 0.383. The Morgan fingerprint density at radius 3 is 2.65 bits per heavy atom. The van der Waals surface area contributed by atoms with E-state index in [0.717, 1.165) is 47.1 Å². The molecule has 0 aromatic carbocycles. The lowest BCUT2D eigenvalue weighted by Gasteiger charge is -2.27. The van der Waals surface area contributed by atoms with Crippen molar-refractivity contribution in [1.82, 2.24) is 29.9 Å². The number of hydrogen-bond donors (Lipinski definition) is 1. The maximum atomic E-state index is 5.50. The first-order valence-corrected chi connectivity index (χ1v) is 12.0. The highest BCUT2D eigenvalue weighted by Gasteiger charge is 2.21. The second-order valence-corrected chi connectivity index (χ2v) is 9.44. The Morgan fingerprint density at radius 2 is 1.85 bits per heavy atom. The van der Waals surface area contributed by atoms with Gasteiger partial charge in [-0.15, -0.1) is 5.10 Å². The SMILES string of the molecule is CO[C@H]1CC[C@H](Cn2cc(-c3cnc4ccc(Nc5cc(C(C)C)cnn5)nc4c3)cn2)CC1. The first-order chi connectivity index (χ1) is 16.6. The van der Waals surface area contributed by atoms with Crippen LogP contribution in [0.1, 0.15) is 51.0 Å². The van der Waals surface area contributed by atoms with Crippen molar-refractivity contribution in [2.75, 3.05) is 12.4 Å². The van der Waals surface area contributed by atoms with Gasteiger partial charge in [0.1, 0.15) is 5.82 Å². The molecule has 1 aliphatic carbocycles. The van der Waals surface area contributed by atoms with Crippen LogP contribution in [0.5, 0.6) is 0 Å². The second kappa shape index (κ2) is 9.85. The van der Waals surface area contributed by atoms with Gasteiger partial charge in [-0.1, -0.05) is 13.8 Å². The van der Waals surface area contributed by atoms with E-state index in [0.29, 0.717) is 29.6 Å². The third kappa shape index (κ3) is 5.07. The lowest BCUT2D eigenvalue weighted by molar-refractivity contribution is 0.0536. The van der Waals surface area contributed by atoms with Gasteiger partial charge in [0.15, 0.2) is 5.82 Å². The zero-order valence-corrected chi connectivity index (χ0v) is 20.0. The van der Waals surface area contributed by atoms with Crippen molar-refractivity contribution in [2.24, 2.45) is 5.92 Å². The van der Waals surface area contributed by atoms with E-state index in [1.165, 1.54) is 12.8 Å². The van der Waals surface area contributed by atoms with E-state index in [9.17, 15) is 0 Å². The van der Waals surface area contributed by atoms with Gasteiger partial charge in [0, 0.05) is 37.2 Å². The van der Waals surface area contributed by atoms with Crippen LogP contribution in [0.25, 0.3) is 22.2 Å². The van der Waals surface area contributed by atoms with Crippen molar-refractivity contribution < 1.29 is 4.74 Å². The molecule has 0 saturated heterocycles. The molecule has 8 nitrogen and oxygen atoms in total. The van der Waals surface area contributed by atoms with Crippen LogP contribution in [-0.4, -0.2) is 43.2 Å². The van der Waals surface area contributed by atoms with E-state index in [-0.39, 0.29) is 0 Å². The fourth-order valence-corrected chi connectivity index (χ4v) is 4.55. The summed E-state index contributed by atoms with van der Waals surface area (Å²) in [6.45, 7) is 5.22. The van der Waals surface area contributed by atoms with Crippen LogP contribution in [0.15, 0.2) is 49.1 Å². The lowest BCUT2D eigenvalue weighted by Crippen LogP contribution is -2.23. The van der Waals surface area contributed by atoms with Gasteiger partial charge in [0.05, 0.1) is 29.5 Å². The summed E-state index contributed by atoms with van der Waals surface area (Å²) >= 11 is 0. The minimum Gasteiger partial charge on any atom is -0.381 e. The summed E-state index contributed by atoms with van der Waals surface area (Å²) < 4.78 is 7.56. The standard InChI is InChI=1S/C26H31N7O/c1-17(2)19-11-26(32-28-13-19)31-25-9-8-23-24(30-25)10-20(12-27-23)21-14-29-33(16-21)15-18-4-6-22(34-3)7-5-18/h8-14,16-18,22H,4-7,15H2,1-3H3,(H,30,31,32)/t18-,22-. The van der Waals surface area contributed by atoms with E-state index in [1.807, 2.05) is 37.7 Å². The number of anilines is 2. The molecule has 0 radical (unpaired) electrons. The highest BCUT2D eigenvalue weighted by Crippen LogP contribution is 2.28. The molecule has 5 rings (SSSR count). The summed E-state index contributed by atoms with van der Waals surface area (Å²) in [6, 6.07) is 7.95. The van der Waals surface area contributed by atoms with Crippen LogP contribution in [0.2, 0.25) is 0 Å². The average molecular weight is 458 g/mol. The summed E-state index contributed by atoms with van der Waals surface area (Å²) in [7, 11) is 1.81. The predicted octanol–water partition coefficient (Wildman–Crippen LogP) is 5.36. The summed E-state index contributed by atoms with van der Waals surface area (Å²) in [4.78, 5) is 9.38. The molecular formula is C26H31N7O. The number of rotatable bonds is 7. The molecule has 4 heterocycles. The Morgan fingerprint density at radius 1 is 1.00 bits per heavy atom. The first-order valence-electron chi connectivity index (χ1n) is 12.0. The van der Waals surface area contributed by atoms with Gasteiger partial charge in [-0.25, -0.2) is 4.98 Å². The number of ether oxygens (including phenoxy) is 1. The van der Waals surface area contributed by atoms with Crippen molar-refractivity contribution in [3.05, 3.63) is 54.6 Å². The fraction of sp³-hybridized carbons (Fsp3) is 0.423. The summed E-state index contributed by atoms with van der Waals surface area (Å²) in [6.07, 6.45) is 12.8. The molecule has 0 unspecified atom stereocenters. The molecule has 0 atom stereocenters. The molecule has 34 heavy (non-hydrogen) atoms. The third-order valence-corrected chi connectivity index (χ3v) is 6.67. The average Bonchev–Trinajstić information content (AvgIpc) is 3.33. The van der Waals surface area contributed by atoms with Crippen molar-refractivity contribution in [3.63, 3.8) is 0 Å². The smallest absolute Gasteiger partial charge is 0.154 e. The summed E-state index contributed by atoms with van der Waals surface area (Å²) in [5, 5.41) is 16.2. The molecule has 176 valence electrons. The number of nitrogens with one attached hydrogen (secondary N) is 1. The van der Waals surface area contributed by atoms with Crippen LogP contribution in [-0.2, 0) is 11.3 Å². The van der Waals surface area contributed by atoms with E-state index in [1.54, 1.807) is 6.20 Å². The molecule has 4 aromatic rings. The molecule has 0 spiro atoms. The molecule has 1 aliphatic rings. The second-order valence-electron chi connectivity index (χ2n) is 9.44.